The molecule has 0 saturated carbocycles. The molecule has 0 saturated heterocycles. The minimum absolute atomic E-state index is 1.36. The predicted octanol–water partition coefficient (Wildman–Crippen LogP) is 11.7. The third kappa shape index (κ3) is 16.5. The predicted molar refractivity (Wildman–Crippen MR) is 150 cm³/mol. The summed E-state index contributed by atoms with van der Waals surface area (Å²) in [7, 11) is 0. The molecule has 0 N–H and O–H groups in total. The molecule has 2 heteroatoms. The molecule has 0 fully saturated rings. The number of halogens is 1. The van der Waals surface area contributed by atoms with E-state index < -0.39 is 5.31 Å². The standard InChI is InChI=1S/C28H60BrP/c1-5-9-13-17-18-19-20-24-28-30(29,25-21-14-10-6-2,26-22-15-11-7-3)27-23-16-12-8-4/h5-28H2,1-4H3. The fourth-order valence-corrected chi connectivity index (χ4v) is 13.5. The van der Waals surface area contributed by atoms with Crippen LogP contribution in [0.2, 0.25) is 0 Å². The molecule has 0 aromatic heterocycles. The Balaban J connectivity index is 4.82. The fraction of sp³-hybridized carbons (Fsp3) is 1.00. The fourth-order valence-electron chi connectivity index (χ4n) is 5.11. The first-order valence-electron chi connectivity index (χ1n) is 14.3. The van der Waals surface area contributed by atoms with Gasteiger partial charge >= 0.3 is 202 Å². The average Bonchev–Trinajstić information content (AvgIpc) is 2.74. The van der Waals surface area contributed by atoms with Crippen LogP contribution >= 0.6 is 20.8 Å². The monoisotopic (exact) mass is 506 g/mol. The summed E-state index contributed by atoms with van der Waals surface area (Å²) in [6.07, 6.45) is 35.0. The SMILES string of the molecule is CCCCCCCCCCP(Br)(CCCCCC)(CCCCCC)CCCCCC. The van der Waals surface area contributed by atoms with E-state index in [1.54, 1.807) is 24.6 Å². The molecular formula is C28H60BrP. The van der Waals surface area contributed by atoms with Crippen molar-refractivity contribution < 1.29 is 0 Å². The van der Waals surface area contributed by atoms with Crippen molar-refractivity contribution in [1.82, 2.24) is 0 Å². The molecule has 0 aliphatic heterocycles. The van der Waals surface area contributed by atoms with Crippen LogP contribution < -0.4 is 0 Å². The first kappa shape index (κ1) is 30.9. The molecule has 0 unspecified atom stereocenters. The van der Waals surface area contributed by atoms with Crippen molar-refractivity contribution in [2.45, 2.75) is 156 Å². The molecule has 0 radical (unpaired) electrons. The van der Waals surface area contributed by atoms with Gasteiger partial charge in [0.1, 0.15) is 0 Å². The van der Waals surface area contributed by atoms with Crippen LogP contribution in [0.3, 0.4) is 0 Å². The Labute approximate surface area is 201 Å². The van der Waals surface area contributed by atoms with Gasteiger partial charge in [-0.25, -0.2) is 0 Å². The zero-order valence-electron chi connectivity index (χ0n) is 21.8. The van der Waals surface area contributed by atoms with E-state index >= 15 is 0 Å². The molecule has 0 aromatic rings. The molecule has 0 atom stereocenters. The zero-order valence-corrected chi connectivity index (χ0v) is 24.3. The molecular weight excluding hydrogens is 447 g/mol. The average molecular weight is 508 g/mol. The second kappa shape index (κ2) is 20.5. The van der Waals surface area contributed by atoms with Crippen molar-refractivity contribution in [2.24, 2.45) is 0 Å². The summed E-state index contributed by atoms with van der Waals surface area (Å²) >= 11 is 4.68. The Kier molecular flexibility index (Phi) is 21.1. The Bertz CT molecular complexity index is 321. The summed E-state index contributed by atoms with van der Waals surface area (Å²) in [4.78, 5) is 0. The van der Waals surface area contributed by atoms with E-state index in [4.69, 9.17) is 0 Å². The first-order valence-corrected chi connectivity index (χ1v) is 19.3. The molecule has 184 valence electrons. The van der Waals surface area contributed by atoms with Gasteiger partial charge in [0.05, 0.1) is 0 Å². The molecule has 0 aliphatic carbocycles. The van der Waals surface area contributed by atoms with Gasteiger partial charge in [-0.15, -0.1) is 0 Å². The molecule has 0 nitrogen and oxygen atoms in total. The summed E-state index contributed by atoms with van der Waals surface area (Å²) in [6, 6.07) is 0. The van der Waals surface area contributed by atoms with Crippen molar-refractivity contribution >= 4 is 20.8 Å². The second-order valence-electron chi connectivity index (χ2n) is 10.4. The Hall–Kier alpha value is 0.910. The maximum absolute atomic E-state index is 4.68. The van der Waals surface area contributed by atoms with Crippen LogP contribution in [0.4, 0.5) is 0 Å². The Morgan fingerprint density at radius 1 is 0.333 bits per heavy atom. The minimum atomic E-state index is -1.71. The number of rotatable bonds is 24. The van der Waals surface area contributed by atoms with Crippen LogP contribution in [0.15, 0.2) is 0 Å². The van der Waals surface area contributed by atoms with Gasteiger partial charge in [-0.3, -0.25) is 0 Å². The van der Waals surface area contributed by atoms with Crippen molar-refractivity contribution in [3.8, 4) is 0 Å². The van der Waals surface area contributed by atoms with E-state index in [-0.39, 0.29) is 0 Å². The van der Waals surface area contributed by atoms with Gasteiger partial charge in [-0.2, -0.15) is 0 Å². The summed E-state index contributed by atoms with van der Waals surface area (Å²) in [6.45, 7) is 9.37. The molecule has 0 rings (SSSR count). The Morgan fingerprint density at radius 2 is 0.533 bits per heavy atom. The number of unbranched alkanes of at least 4 members (excludes halogenated alkanes) is 16. The molecule has 0 amide bonds. The Morgan fingerprint density at radius 3 is 0.800 bits per heavy atom. The quantitative estimate of drug-likeness (QED) is 0.0900. The van der Waals surface area contributed by atoms with Gasteiger partial charge in [0.15, 0.2) is 0 Å². The van der Waals surface area contributed by atoms with Gasteiger partial charge in [0.25, 0.3) is 0 Å². The van der Waals surface area contributed by atoms with E-state index in [0.29, 0.717) is 0 Å². The molecule has 0 bridgehead atoms. The van der Waals surface area contributed by atoms with Crippen LogP contribution in [0, 0.1) is 0 Å². The summed E-state index contributed by atoms with van der Waals surface area (Å²) in [5.74, 6) is 0. The second-order valence-corrected chi connectivity index (χ2v) is 21.8. The first-order chi connectivity index (χ1) is 14.5. The normalized spacial score (nSPS) is 13.4. The van der Waals surface area contributed by atoms with Crippen LogP contribution in [0.1, 0.15) is 156 Å². The zero-order chi connectivity index (χ0) is 22.4. The third-order valence-electron chi connectivity index (χ3n) is 7.28. The van der Waals surface area contributed by atoms with Crippen LogP contribution in [-0.4, -0.2) is 24.6 Å². The van der Waals surface area contributed by atoms with Crippen molar-refractivity contribution in [3.63, 3.8) is 0 Å². The van der Waals surface area contributed by atoms with Gasteiger partial charge in [0, 0.05) is 0 Å². The van der Waals surface area contributed by atoms with Gasteiger partial charge in [-0.05, 0) is 0 Å². The third-order valence-corrected chi connectivity index (χ3v) is 17.3. The van der Waals surface area contributed by atoms with E-state index in [0.717, 1.165) is 0 Å². The molecule has 30 heavy (non-hydrogen) atoms. The molecule has 0 aromatic carbocycles. The summed E-state index contributed by atoms with van der Waals surface area (Å²) < 4.78 is 0. The van der Waals surface area contributed by atoms with E-state index in [2.05, 4.69) is 43.2 Å². The van der Waals surface area contributed by atoms with E-state index in [1.807, 2.05) is 0 Å². The van der Waals surface area contributed by atoms with Crippen LogP contribution in [0.5, 0.6) is 0 Å². The van der Waals surface area contributed by atoms with Crippen LogP contribution in [0.25, 0.3) is 0 Å². The van der Waals surface area contributed by atoms with Gasteiger partial charge < -0.3 is 0 Å². The molecule has 0 aliphatic rings. The topological polar surface area (TPSA) is 0 Å². The van der Waals surface area contributed by atoms with Crippen molar-refractivity contribution in [2.75, 3.05) is 24.6 Å². The molecule has 0 spiro atoms. The maximum atomic E-state index is 4.68. The van der Waals surface area contributed by atoms with Crippen molar-refractivity contribution in [1.29, 1.82) is 0 Å². The van der Waals surface area contributed by atoms with E-state index in [9.17, 15) is 0 Å². The van der Waals surface area contributed by atoms with Crippen LogP contribution in [-0.2, 0) is 0 Å². The summed E-state index contributed by atoms with van der Waals surface area (Å²) in [5.41, 5.74) is 0. The van der Waals surface area contributed by atoms with Crippen molar-refractivity contribution in [3.05, 3.63) is 0 Å². The van der Waals surface area contributed by atoms with E-state index in [1.165, 1.54) is 128 Å². The van der Waals surface area contributed by atoms with Gasteiger partial charge in [-0.1, -0.05) is 0 Å². The number of hydrogen-bond acceptors (Lipinski definition) is 0. The summed E-state index contributed by atoms with van der Waals surface area (Å²) in [5, 5.41) is -1.71. The number of hydrogen-bond donors (Lipinski definition) is 0. The van der Waals surface area contributed by atoms with Gasteiger partial charge in [0.2, 0.25) is 0 Å². The molecule has 0 heterocycles.